The Balaban J connectivity index is 1.86. The van der Waals surface area contributed by atoms with Crippen LogP contribution in [0.4, 0.5) is 0 Å². The van der Waals surface area contributed by atoms with Crippen molar-refractivity contribution < 1.29 is 0 Å². The summed E-state index contributed by atoms with van der Waals surface area (Å²) in [4.78, 5) is 2.42. The molecular formula is C5H11S2Sb. The molecule has 1 rings (SSSR count). The van der Waals surface area contributed by atoms with Crippen molar-refractivity contribution in [2.75, 3.05) is 15.2 Å². The van der Waals surface area contributed by atoms with Crippen molar-refractivity contribution in [3.8, 4) is 0 Å². The van der Waals surface area contributed by atoms with E-state index in [0.29, 0.717) is 0 Å². The molecule has 0 aromatic heterocycles. The van der Waals surface area contributed by atoms with Gasteiger partial charge in [-0.05, 0) is 0 Å². The first-order valence-electron chi connectivity index (χ1n) is 2.77. The monoisotopic (exact) mass is 256 g/mol. The molecule has 0 unspecified atom stereocenters. The van der Waals surface area contributed by atoms with Gasteiger partial charge in [-0.25, -0.2) is 0 Å². The van der Waals surface area contributed by atoms with Gasteiger partial charge in [-0.3, -0.25) is 0 Å². The standard InChI is InChI=1S/C4H7S2.CH3.Sb.H/c1-5-4-2-6-3-4;;;/h4H,1-3H2;1H3;;. The van der Waals surface area contributed by atoms with Crippen LogP contribution < -0.4 is 0 Å². The average molecular weight is 257 g/mol. The molecule has 0 aliphatic carbocycles. The normalized spacial score (nSPS) is 20.6. The van der Waals surface area contributed by atoms with E-state index in [2.05, 4.69) is 28.4 Å². The summed E-state index contributed by atoms with van der Waals surface area (Å²) in [6.45, 7) is 0. The van der Waals surface area contributed by atoms with Crippen molar-refractivity contribution in [3.05, 3.63) is 0 Å². The van der Waals surface area contributed by atoms with Crippen LogP contribution in [0, 0.1) is 0 Å². The van der Waals surface area contributed by atoms with Crippen LogP contribution in [0.2, 0.25) is 4.87 Å². The molecule has 48 valence electrons. The van der Waals surface area contributed by atoms with Gasteiger partial charge < -0.3 is 0 Å². The number of rotatable bonds is 3. The van der Waals surface area contributed by atoms with Crippen LogP contribution in [0.5, 0.6) is 0 Å². The van der Waals surface area contributed by atoms with Gasteiger partial charge in [0.1, 0.15) is 0 Å². The van der Waals surface area contributed by atoms with Gasteiger partial charge in [0.05, 0.1) is 0 Å². The molecule has 1 aliphatic heterocycles. The molecule has 0 atom stereocenters. The number of hydrogen-bond donors (Lipinski definition) is 0. The van der Waals surface area contributed by atoms with Crippen molar-refractivity contribution in [1.29, 1.82) is 0 Å². The van der Waals surface area contributed by atoms with Gasteiger partial charge in [0, 0.05) is 0 Å². The molecule has 1 fully saturated rings. The molecule has 3 heteroatoms. The van der Waals surface area contributed by atoms with E-state index >= 15 is 0 Å². The fourth-order valence-corrected chi connectivity index (χ4v) is 6.13. The van der Waals surface area contributed by atoms with E-state index < -0.39 is 0 Å². The Morgan fingerprint density at radius 2 is 2.50 bits per heavy atom. The van der Waals surface area contributed by atoms with E-state index in [-0.39, 0.29) is 21.6 Å². The van der Waals surface area contributed by atoms with Gasteiger partial charge in [-0.2, -0.15) is 0 Å². The van der Waals surface area contributed by atoms with Crippen LogP contribution in [-0.4, -0.2) is 42.1 Å². The molecule has 0 bridgehead atoms. The summed E-state index contributed by atoms with van der Waals surface area (Å²) in [5.74, 6) is 2.87. The van der Waals surface area contributed by atoms with Crippen molar-refractivity contribution in [2.24, 2.45) is 0 Å². The Morgan fingerprint density at radius 3 is 2.88 bits per heavy atom. The first-order valence-corrected chi connectivity index (χ1v) is 9.85. The third-order valence-electron chi connectivity index (χ3n) is 1.07. The molecule has 0 aromatic rings. The Kier molecular flexibility index (Phi) is 4.15. The SMILES string of the molecule is [CH3][SbH][CH2]SC1CSC1. The predicted octanol–water partition coefficient (Wildman–Crippen LogP) is 1.28. The summed E-state index contributed by atoms with van der Waals surface area (Å²) >= 11 is 4.44. The zero-order valence-electron chi connectivity index (χ0n) is 5.02. The second-order valence-electron chi connectivity index (χ2n) is 1.82. The number of hydrogen-bond acceptors (Lipinski definition) is 2. The van der Waals surface area contributed by atoms with E-state index in [1.165, 1.54) is 15.2 Å². The van der Waals surface area contributed by atoms with E-state index in [1.54, 1.807) is 0 Å². The van der Waals surface area contributed by atoms with E-state index in [4.69, 9.17) is 0 Å². The maximum atomic E-state index is 2.42. The van der Waals surface area contributed by atoms with Crippen LogP contribution in [0.15, 0.2) is 0 Å². The molecule has 0 saturated carbocycles. The summed E-state index contributed by atoms with van der Waals surface area (Å²) in [7, 11) is 0. The van der Waals surface area contributed by atoms with Gasteiger partial charge in [0.2, 0.25) is 0 Å². The van der Waals surface area contributed by atoms with Crippen LogP contribution in [0.25, 0.3) is 0 Å². The average Bonchev–Trinajstić information content (AvgIpc) is 1.63. The second-order valence-corrected chi connectivity index (χ2v) is 8.68. The minimum atomic E-state index is 0.128. The van der Waals surface area contributed by atoms with Crippen LogP contribution in [0.1, 0.15) is 0 Å². The topological polar surface area (TPSA) is 0 Å². The van der Waals surface area contributed by atoms with Crippen molar-refractivity contribution in [2.45, 2.75) is 10.1 Å². The predicted molar refractivity (Wildman–Crippen MR) is 46.6 cm³/mol. The summed E-state index contributed by atoms with van der Waals surface area (Å²) in [6, 6.07) is 0. The van der Waals surface area contributed by atoms with Crippen molar-refractivity contribution in [1.82, 2.24) is 0 Å². The molecule has 0 N–H and O–H groups in total. The minimum absolute atomic E-state index is 0.128. The molecule has 0 radical (unpaired) electrons. The maximum absolute atomic E-state index is 2.42. The molecule has 1 heterocycles. The van der Waals surface area contributed by atoms with Gasteiger partial charge in [0.25, 0.3) is 0 Å². The van der Waals surface area contributed by atoms with Crippen molar-refractivity contribution in [3.63, 3.8) is 0 Å². The van der Waals surface area contributed by atoms with Gasteiger partial charge in [-0.15, -0.1) is 0 Å². The molecule has 8 heavy (non-hydrogen) atoms. The fourth-order valence-electron chi connectivity index (χ4n) is 0.511. The van der Waals surface area contributed by atoms with Crippen LogP contribution in [0.3, 0.4) is 0 Å². The summed E-state index contributed by atoms with van der Waals surface area (Å²) in [5, 5.41) is 1.06. The van der Waals surface area contributed by atoms with E-state index in [9.17, 15) is 0 Å². The Labute approximate surface area is 70.1 Å². The first-order chi connectivity index (χ1) is 3.93. The zero-order valence-corrected chi connectivity index (χ0v) is 9.50. The van der Waals surface area contributed by atoms with Gasteiger partial charge >= 0.3 is 70.5 Å². The second kappa shape index (κ2) is 4.35. The molecular weight excluding hydrogens is 246 g/mol. The molecule has 0 nitrogen and oxygen atoms in total. The van der Waals surface area contributed by atoms with Crippen molar-refractivity contribution >= 4 is 45.1 Å². The zero-order chi connectivity index (χ0) is 5.82. The summed E-state index contributed by atoms with van der Waals surface area (Å²) < 4.78 is 1.54. The van der Waals surface area contributed by atoms with Gasteiger partial charge in [0.15, 0.2) is 0 Å². The number of thioether (sulfide) groups is 2. The molecule has 0 aromatic carbocycles. The quantitative estimate of drug-likeness (QED) is 0.698. The third kappa shape index (κ3) is 2.41. The van der Waals surface area contributed by atoms with Crippen LogP contribution in [-0.2, 0) is 0 Å². The Bertz CT molecular complexity index is 63.4. The van der Waals surface area contributed by atoms with E-state index in [0.717, 1.165) is 5.25 Å². The Morgan fingerprint density at radius 1 is 1.75 bits per heavy atom. The molecule has 0 spiro atoms. The van der Waals surface area contributed by atoms with E-state index in [1.807, 2.05) is 0 Å². The molecule has 1 aliphatic rings. The summed E-state index contributed by atoms with van der Waals surface area (Å²) in [5.41, 5.74) is 0. The van der Waals surface area contributed by atoms with Crippen LogP contribution >= 0.6 is 23.5 Å². The molecule has 1 saturated heterocycles. The third-order valence-corrected chi connectivity index (χ3v) is 7.93. The summed E-state index contributed by atoms with van der Waals surface area (Å²) in [6.07, 6.45) is 0. The fraction of sp³-hybridized carbons (Fsp3) is 1.00. The first kappa shape index (κ1) is 7.62. The molecule has 0 amide bonds. The Hall–Kier alpha value is 1.52. The van der Waals surface area contributed by atoms with Gasteiger partial charge in [-0.1, -0.05) is 0 Å².